The molecule has 0 aliphatic carbocycles. The van der Waals surface area contributed by atoms with Crippen LogP contribution in [0.25, 0.3) is 5.69 Å². The van der Waals surface area contributed by atoms with Crippen molar-refractivity contribution in [2.45, 2.75) is 33.1 Å². The number of urea groups is 1. The van der Waals surface area contributed by atoms with Crippen LogP contribution in [0.5, 0.6) is 0 Å². The molecule has 0 spiro atoms. The summed E-state index contributed by atoms with van der Waals surface area (Å²) < 4.78 is 1.76. The molecule has 2 heterocycles. The Morgan fingerprint density at radius 3 is 2.27 bits per heavy atom. The normalized spacial score (nSPS) is 11.2. The summed E-state index contributed by atoms with van der Waals surface area (Å²) in [5, 5.41) is 10.4. The van der Waals surface area contributed by atoms with Gasteiger partial charge in [-0.2, -0.15) is 5.10 Å². The number of nitrogens with zero attached hydrogens (tertiary/aromatic N) is 3. The highest BCUT2D eigenvalue weighted by Crippen LogP contribution is 2.26. The van der Waals surface area contributed by atoms with E-state index < -0.39 is 0 Å². The first-order valence-corrected chi connectivity index (χ1v) is 8.48. The largest absolute Gasteiger partial charge is 0.324 e. The molecule has 0 bridgehead atoms. The standard InChI is InChI=1S/C20H23N5O/c1-14-5-7-16(8-6-14)25-18(13-17(24-25)20(2,3)4)23-19(26)22-15-9-11-21-12-10-15/h5-13H,1-4H3,(H2,21,22,23,26). The Hall–Kier alpha value is -3.15. The van der Waals surface area contributed by atoms with Crippen molar-refractivity contribution in [3.8, 4) is 5.69 Å². The molecule has 2 N–H and O–H groups in total. The van der Waals surface area contributed by atoms with E-state index in [0.717, 1.165) is 11.4 Å². The molecular formula is C20H23N5O. The molecule has 0 saturated carbocycles. The molecular weight excluding hydrogens is 326 g/mol. The van der Waals surface area contributed by atoms with Crippen LogP contribution in [0.3, 0.4) is 0 Å². The van der Waals surface area contributed by atoms with Crippen LogP contribution in [0.1, 0.15) is 32.0 Å². The Balaban J connectivity index is 1.90. The Morgan fingerprint density at radius 1 is 1.00 bits per heavy atom. The van der Waals surface area contributed by atoms with E-state index in [1.54, 1.807) is 29.2 Å². The smallest absolute Gasteiger partial charge is 0.308 e. The first-order chi connectivity index (χ1) is 12.3. The molecule has 2 aromatic heterocycles. The maximum Gasteiger partial charge on any atom is 0.324 e. The number of amides is 2. The van der Waals surface area contributed by atoms with Crippen molar-refractivity contribution in [3.63, 3.8) is 0 Å². The SMILES string of the molecule is Cc1ccc(-n2nc(C(C)(C)C)cc2NC(=O)Nc2ccncc2)cc1. The average Bonchev–Trinajstić information content (AvgIpc) is 3.00. The van der Waals surface area contributed by atoms with E-state index in [2.05, 4.69) is 36.4 Å². The summed E-state index contributed by atoms with van der Waals surface area (Å²) in [5.41, 5.74) is 3.51. The fourth-order valence-electron chi connectivity index (χ4n) is 2.43. The molecule has 6 nitrogen and oxygen atoms in total. The number of carbonyl (C=O) groups excluding carboxylic acids is 1. The van der Waals surface area contributed by atoms with Gasteiger partial charge in [0.05, 0.1) is 11.4 Å². The van der Waals surface area contributed by atoms with E-state index in [1.165, 1.54) is 5.56 Å². The summed E-state index contributed by atoms with van der Waals surface area (Å²) >= 11 is 0. The maximum atomic E-state index is 12.4. The molecule has 0 radical (unpaired) electrons. The number of hydrogen-bond donors (Lipinski definition) is 2. The lowest BCUT2D eigenvalue weighted by Crippen LogP contribution is -2.21. The summed E-state index contributed by atoms with van der Waals surface area (Å²) in [6.45, 7) is 8.32. The van der Waals surface area contributed by atoms with Gasteiger partial charge >= 0.3 is 6.03 Å². The Morgan fingerprint density at radius 2 is 1.65 bits per heavy atom. The van der Waals surface area contributed by atoms with Crippen molar-refractivity contribution in [1.29, 1.82) is 0 Å². The monoisotopic (exact) mass is 349 g/mol. The number of carbonyl (C=O) groups is 1. The molecule has 2 amide bonds. The van der Waals surface area contributed by atoms with Gasteiger partial charge in [0.15, 0.2) is 0 Å². The molecule has 0 unspecified atom stereocenters. The Bertz CT molecular complexity index is 892. The number of pyridine rings is 1. The summed E-state index contributed by atoms with van der Waals surface area (Å²) in [7, 11) is 0. The Kier molecular flexibility index (Phi) is 4.75. The van der Waals surface area contributed by atoms with E-state index in [9.17, 15) is 4.79 Å². The quantitative estimate of drug-likeness (QED) is 0.730. The van der Waals surface area contributed by atoms with Crippen LogP contribution in [0.4, 0.5) is 16.3 Å². The molecule has 0 atom stereocenters. The third kappa shape index (κ3) is 4.08. The van der Waals surface area contributed by atoms with Crippen LogP contribution in [-0.4, -0.2) is 20.8 Å². The van der Waals surface area contributed by atoms with Crippen molar-refractivity contribution in [1.82, 2.24) is 14.8 Å². The highest BCUT2D eigenvalue weighted by atomic mass is 16.2. The summed E-state index contributed by atoms with van der Waals surface area (Å²) in [5.74, 6) is 0.616. The van der Waals surface area contributed by atoms with Crippen LogP contribution >= 0.6 is 0 Å². The number of anilines is 2. The fraction of sp³-hybridized carbons (Fsp3) is 0.250. The minimum absolute atomic E-state index is 0.131. The maximum absolute atomic E-state index is 12.4. The van der Waals surface area contributed by atoms with Crippen molar-refractivity contribution >= 4 is 17.5 Å². The van der Waals surface area contributed by atoms with Crippen molar-refractivity contribution in [2.75, 3.05) is 10.6 Å². The van der Waals surface area contributed by atoms with Gasteiger partial charge in [0.1, 0.15) is 5.82 Å². The van der Waals surface area contributed by atoms with Gasteiger partial charge in [0, 0.05) is 29.6 Å². The zero-order chi connectivity index (χ0) is 18.7. The van der Waals surface area contributed by atoms with Gasteiger partial charge in [-0.05, 0) is 31.2 Å². The molecule has 0 aliphatic heterocycles. The molecule has 134 valence electrons. The lowest BCUT2D eigenvalue weighted by atomic mass is 9.92. The molecule has 0 fully saturated rings. The van der Waals surface area contributed by atoms with Gasteiger partial charge in [0.2, 0.25) is 0 Å². The molecule has 6 heteroatoms. The van der Waals surface area contributed by atoms with E-state index in [4.69, 9.17) is 5.10 Å². The number of benzene rings is 1. The second-order valence-corrected chi connectivity index (χ2v) is 7.23. The van der Waals surface area contributed by atoms with Crippen molar-refractivity contribution in [3.05, 3.63) is 66.1 Å². The van der Waals surface area contributed by atoms with Gasteiger partial charge in [-0.3, -0.25) is 10.3 Å². The lowest BCUT2D eigenvalue weighted by Gasteiger charge is -2.14. The summed E-state index contributed by atoms with van der Waals surface area (Å²) in [4.78, 5) is 16.3. The first kappa shape index (κ1) is 17.7. The van der Waals surface area contributed by atoms with E-state index in [0.29, 0.717) is 11.5 Å². The minimum atomic E-state index is -0.329. The number of hydrogen-bond acceptors (Lipinski definition) is 3. The van der Waals surface area contributed by atoms with Gasteiger partial charge in [-0.15, -0.1) is 0 Å². The van der Waals surface area contributed by atoms with Crippen molar-refractivity contribution < 1.29 is 4.79 Å². The number of rotatable bonds is 3. The van der Waals surface area contributed by atoms with Crippen LogP contribution < -0.4 is 10.6 Å². The fourth-order valence-corrected chi connectivity index (χ4v) is 2.43. The highest BCUT2D eigenvalue weighted by Gasteiger charge is 2.21. The average molecular weight is 349 g/mol. The van der Waals surface area contributed by atoms with Crippen LogP contribution in [0.2, 0.25) is 0 Å². The second kappa shape index (κ2) is 7.00. The first-order valence-electron chi connectivity index (χ1n) is 8.48. The Labute approximate surface area is 153 Å². The molecule has 1 aromatic carbocycles. The van der Waals surface area contributed by atoms with Crippen LogP contribution in [-0.2, 0) is 5.41 Å². The predicted molar refractivity (Wildman–Crippen MR) is 104 cm³/mol. The van der Waals surface area contributed by atoms with Gasteiger partial charge in [-0.1, -0.05) is 38.5 Å². The number of nitrogens with one attached hydrogen (secondary N) is 2. The third-order valence-corrected chi connectivity index (χ3v) is 3.94. The van der Waals surface area contributed by atoms with Crippen molar-refractivity contribution in [2.24, 2.45) is 0 Å². The summed E-state index contributed by atoms with van der Waals surface area (Å²) in [6, 6.07) is 13.1. The predicted octanol–water partition coefficient (Wildman–Crippen LogP) is 4.52. The van der Waals surface area contributed by atoms with E-state index in [1.807, 2.05) is 37.3 Å². The number of aryl methyl sites for hydroxylation is 1. The van der Waals surface area contributed by atoms with Crippen LogP contribution in [0, 0.1) is 6.92 Å². The van der Waals surface area contributed by atoms with Gasteiger partial charge < -0.3 is 5.32 Å². The molecule has 0 aliphatic rings. The van der Waals surface area contributed by atoms with E-state index >= 15 is 0 Å². The van der Waals surface area contributed by atoms with Crippen LogP contribution in [0.15, 0.2) is 54.9 Å². The topological polar surface area (TPSA) is 71.8 Å². The zero-order valence-electron chi connectivity index (χ0n) is 15.4. The summed E-state index contributed by atoms with van der Waals surface area (Å²) in [6.07, 6.45) is 3.26. The minimum Gasteiger partial charge on any atom is -0.308 e. The number of aromatic nitrogens is 3. The van der Waals surface area contributed by atoms with Gasteiger partial charge in [-0.25, -0.2) is 9.48 Å². The molecule has 3 aromatic rings. The second-order valence-electron chi connectivity index (χ2n) is 7.23. The molecule has 26 heavy (non-hydrogen) atoms. The molecule has 3 rings (SSSR count). The highest BCUT2D eigenvalue weighted by molar-refractivity contribution is 5.99. The third-order valence-electron chi connectivity index (χ3n) is 3.94. The lowest BCUT2D eigenvalue weighted by molar-refractivity contribution is 0.262. The van der Waals surface area contributed by atoms with Gasteiger partial charge in [0.25, 0.3) is 0 Å². The van der Waals surface area contributed by atoms with E-state index in [-0.39, 0.29) is 11.4 Å². The molecule has 0 saturated heterocycles. The zero-order valence-corrected chi connectivity index (χ0v) is 15.4.